The number of nitrogens with zero attached hydrogens (tertiary/aromatic N) is 2. The highest BCUT2D eigenvalue weighted by atomic mass is 35.5. The van der Waals surface area contributed by atoms with Gasteiger partial charge in [-0.2, -0.15) is 5.26 Å². The van der Waals surface area contributed by atoms with Gasteiger partial charge in [-0.25, -0.2) is 14.2 Å². The van der Waals surface area contributed by atoms with Gasteiger partial charge in [0, 0.05) is 28.9 Å². The van der Waals surface area contributed by atoms with Crippen LogP contribution in [0, 0.1) is 18.3 Å². The van der Waals surface area contributed by atoms with Crippen LogP contribution >= 0.6 is 19.0 Å². The molecule has 0 fully saturated rings. The highest BCUT2D eigenvalue weighted by Gasteiger charge is 2.41. The normalized spacial score (nSPS) is 13.4. The van der Waals surface area contributed by atoms with E-state index in [-0.39, 0.29) is 33.8 Å². The van der Waals surface area contributed by atoms with Crippen LogP contribution in [-0.2, 0) is 18.6 Å². The highest BCUT2D eigenvalue weighted by molar-refractivity contribution is 7.75. The van der Waals surface area contributed by atoms with Crippen molar-refractivity contribution >= 4 is 58.6 Å². The van der Waals surface area contributed by atoms with Crippen molar-refractivity contribution in [2.75, 3.05) is 13.7 Å². The van der Waals surface area contributed by atoms with E-state index in [0.717, 1.165) is 10.1 Å². The van der Waals surface area contributed by atoms with E-state index in [2.05, 4.69) is 0 Å². The summed E-state index contributed by atoms with van der Waals surface area (Å²) in [6.45, 7) is 8.53. The molecule has 3 aromatic rings. The quantitative estimate of drug-likeness (QED) is 0.214. The molecule has 0 N–H and O–H groups in total. The van der Waals surface area contributed by atoms with Crippen molar-refractivity contribution in [1.82, 2.24) is 4.57 Å². The largest absolute Gasteiger partial charge is 0.461 e. The van der Waals surface area contributed by atoms with Gasteiger partial charge in [0.25, 0.3) is 7.37 Å². The van der Waals surface area contributed by atoms with E-state index in [4.69, 9.17) is 30.9 Å². The highest BCUT2D eigenvalue weighted by Crippen LogP contribution is 2.48. The smallest absolute Gasteiger partial charge is 0.419 e. The Morgan fingerprint density at radius 2 is 1.89 bits per heavy atom. The number of benzene rings is 2. The Balaban J connectivity index is 2.49. The molecule has 194 valence electrons. The SMILES string of the molecule is CCOC(=O)c1c(P(=O)(OC)c2cc(C)cc(C=CC#N)c2)c2cc(Cl)ccc2n1C(=O)OC(C)(C)C. The molecular weight excluding hydrogens is 515 g/mol. The topological polar surface area (TPSA) is 108 Å². The first kappa shape index (κ1) is 28.2. The zero-order chi connectivity index (χ0) is 27.5. The molecule has 0 saturated carbocycles. The van der Waals surface area contributed by atoms with Crippen molar-refractivity contribution in [1.29, 1.82) is 5.26 Å². The van der Waals surface area contributed by atoms with Gasteiger partial charge >= 0.3 is 12.1 Å². The molecule has 0 aliphatic carbocycles. The maximum atomic E-state index is 14.8. The van der Waals surface area contributed by atoms with E-state index in [9.17, 15) is 14.2 Å². The molecule has 0 amide bonds. The number of fused-ring (bicyclic) bond motifs is 1. The second-order valence-electron chi connectivity index (χ2n) is 9.19. The van der Waals surface area contributed by atoms with Crippen LogP contribution in [0.3, 0.4) is 0 Å². The minimum absolute atomic E-state index is 0.0136. The van der Waals surface area contributed by atoms with Crippen molar-refractivity contribution in [2.24, 2.45) is 0 Å². The summed E-state index contributed by atoms with van der Waals surface area (Å²) in [5.74, 6) is -0.870. The van der Waals surface area contributed by atoms with Crippen LogP contribution in [0.2, 0.25) is 5.02 Å². The van der Waals surface area contributed by atoms with Gasteiger partial charge in [-0.3, -0.25) is 4.57 Å². The molecule has 0 bridgehead atoms. The van der Waals surface area contributed by atoms with Gasteiger partial charge in [0.2, 0.25) is 0 Å². The third kappa shape index (κ3) is 5.80. The molecule has 1 aromatic heterocycles. The van der Waals surface area contributed by atoms with Crippen molar-refractivity contribution < 1.29 is 28.2 Å². The third-order valence-corrected chi connectivity index (χ3v) is 8.00. The monoisotopic (exact) mass is 542 g/mol. The maximum Gasteiger partial charge on any atom is 0.419 e. The number of carbonyl (C=O) groups excluding carboxylic acids is 2. The van der Waals surface area contributed by atoms with Crippen molar-refractivity contribution in [2.45, 2.75) is 40.2 Å². The molecule has 8 nitrogen and oxygen atoms in total. The number of ether oxygens (including phenoxy) is 2. The number of aromatic nitrogens is 1. The van der Waals surface area contributed by atoms with Crippen LogP contribution in [0.25, 0.3) is 17.0 Å². The first-order valence-corrected chi connectivity index (χ1v) is 13.5. The zero-order valence-electron chi connectivity index (χ0n) is 21.5. The fourth-order valence-electron chi connectivity index (χ4n) is 3.95. The molecular formula is C27H28ClN2O6P. The molecule has 0 aliphatic rings. The van der Waals surface area contributed by atoms with Crippen LogP contribution in [0.15, 0.2) is 42.5 Å². The summed E-state index contributed by atoms with van der Waals surface area (Å²) < 4.78 is 32.4. The summed E-state index contributed by atoms with van der Waals surface area (Å²) in [6, 6.07) is 11.6. The molecule has 2 aromatic carbocycles. The number of aryl methyl sites for hydroxylation is 1. The summed E-state index contributed by atoms with van der Waals surface area (Å²) in [4.78, 5) is 26.8. The van der Waals surface area contributed by atoms with E-state index >= 15 is 0 Å². The van der Waals surface area contributed by atoms with Crippen molar-refractivity contribution in [3.8, 4) is 6.07 Å². The predicted molar refractivity (Wildman–Crippen MR) is 144 cm³/mol. The number of allylic oxidation sites excluding steroid dienone is 1. The fourth-order valence-corrected chi connectivity index (χ4v) is 6.43. The van der Waals surface area contributed by atoms with Crippen LogP contribution in [0.5, 0.6) is 0 Å². The molecule has 0 spiro atoms. The van der Waals surface area contributed by atoms with E-state index in [1.807, 2.05) is 12.1 Å². The average molecular weight is 543 g/mol. The number of hydrogen-bond donors (Lipinski definition) is 0. The Morgan fingerprint density at radius 3 is 2.49 bits per heavy atom. The van der Waals surface area contributed by atoms with E-state index in [1.165, 1.54) is 19.3 Å². The summed E-state index contributed by atoms with van der Waals surface area (Å²) in [6.07, 6.45) is 2.02. The lowest BCUT2D eigenvalue weighted by molar-refractivity contribution is 0.0455. The van der Waals surface area contributed by atoms with Crippen LogP contribution in [0.1, 0.15) is 49.3 Å². The molecule has 1 heterocycles. The van der Waals surface area contributed by atoms with Gasteiger partial charge < -0.3 is 14.0 Å². The number of esters is 1. The van der Waals surface area contributed by atoms with Gasteiger partial charge in [0.1, 0.15) is 5.60 Å². The Labute approximate surface area is 220 Å². The minimum Gasteiger partial charge on any atom is -0.461 e. The molecule has 37 heavy (non-hydrogen) atoms. The molecule has 10 heteroatoms. The number of nitriles is 1. The first-order valence-electron chi connectivity index (χ1n) is 11.5. The Bertz CT molecular complexity index is 1490. The van der Waals surface area contributed by atoms with Crippen molar-refractivity contribution in [3.05, 3.63) is 64.3 Å². The fraction of sp³-hybridized carbons (Fsp3) is 0.296. The lowest BCUT2D eigenvalue weighted by Gasteiger charge is -2.22. The molecule has 0 saturated heterocycles. The molecule has 1 atom stereocenters. The zero-order valence-corrected chi connectivity index (χ0v) is 23.1. The lowest BCUT2D eigenvalue weighted by atomic mass is 10.1. The number of carbonyl (C=O) groups is 2. The lowest BCUT2D eigenvalue weighted by Crippen LogP contribution is -2.32. The Kier molecular flexibility index (Phi) is 8.34. The van der Waals surface area contributed by atoms with Crippen molar-refractivity contribution in [3.63, 3.8) is 0 Å². The van der Waals surface area contributed by atoms with Gasteiger partial charge in [-0.15, -0.1) is 0 Å². The summed E-state index contributed by atoms with van der Waals surface area (Å²) in [5.41, 5.74) is 0.468. The number of rotatable bonds is 6. The average Bonchev–Trinajstić information content (AvgIpc) is 3.16. The van der Waals surface area contributed by atoms with Crippen LogP contribution in [0.4, 0.5) is 4.79 Å². The third-order valence-electron chi connectivity index (χ3n) is 5.27. The van der Waals surface area contributed by atoms with Gasteiger partial charge in [0.05, 0.1) is 23.5 Å². The molecule has 3 rings (SSSR count). The Morgan fingerprint density at radius 1 is 1.19 bits per heavy atom. The van der Waals surface area contributed by atoms with Crippen LogP contribution < -0.4 is 10.6 Å². The first-order chi connectivity index (χ1) is 17.4. The van der Waals surface area contributed by atoms with Gasteiger partial charge in [0.15, 0.2) is 5.69 Å². The minimum atomic E-state index is -4.05. The standard InChI is InChI=1S/C27H28ClN2O6P/c1-7-35-25(31)23-24(37(33,34-6)20-14-17(2)13-18(15-20)9-8-12-29)21-16-19(28)10-11-22(21)30(23)26(32)36-27(3,4)5/h8-11,13-16H,7H2,1-6H3. The van der Waals surface area contributed by atoms with E-state index < -0.39 is 25.0 Å². The molecule has 0 radical (unpaired) electrons. The second kappa shape index (κ2) is 10.9. The number of halogens is 1. The van der Waals surface area contributed by atoms with Gasteiger partial charge in [-0.1, -0.05) is 17.7 Å². The van der Waals surface area contributed by atoms with Gasteiger partial charge in [-0.05, 0) is 82.2 Å². The maximum absolute atomic E-state index is 14.8. The van der Waals surface area contributed by atoms with E-state index in [0.29, 0.717) is 10.6 Å². The number of hydrogen-bond acceptors (Lipinski definition) is 7. The molecule has 1 unspecified atom stereocenters. The Hall–Kier alpha value is -3.37. The molecule has 0 aliphatic heterocycles. The van der Waals surface area contributed by atoms with E-state index in [1.54, 1.807) is 65.0 Å². The second-order valence-corrected chi connectivity index (χ2v) is 12.1. The predicted octanol–water partition coefficient (Wildman–Crippen LogP) is 5.98. The summed E-state index contributed by atoms with van der Waals surface area (Å²) in [5, 5.41) is 9.77. The van der Waals surface area contributed by atoms with Crippen LogP contribution in [-0.4, -0.2) is 35.9 Å². The summed E-state index contributed by atoms with van der Waals surface area (Å²) in [7, 11) is -2.78. The summed E-state index contributed by atoms with van der Waals surface area (Å²) >= 11 is 6.31.